The largest absolute Gasteiger partial charge is 0.497 e. The average Bonchev–Trinajstić information content (AvgIpc) is 3.05. The van der Waals surface area contributed by atoms with E-state index in [0.717, 1.165) is 5.56 Å². The normalized spacial score (nSPS) is 18.9. The molecule has 2 aromatic rings. The summed E-state index contributed by atoms with van der Waals surface area (Å²) in [6, 6.07) is 16.5. The van der Waals surface area contributed by atoms with Crippen LogP contribution in [0.2, 0.25) is 0 Å². The third-order valence-corrected chi connectivity index (χ3v) is 4.21. The molecule has 1 aliphatic rings. The van der Waals surface area contributed by atoms with Gasteiger partial charge in [0.05, 0.1) is 13.7 Å². The van der Waals surface area contributed by atoms with Gasteiger partial charge in [0, 0.05) is 11.6 Å². The van der Waals surface area contributed by atoms with Gasteiger partial charge in [0.15, 0.2) is 0 Å². The fraction of sp³-hybridized carbons (Fsp3) is 0.182. The summed E-state index contributed by atoms with van der Waals surface area (Å²) in [7, 11) is 1.57. The molecule has 0 saturated heterocycles. The van der Waals surface area contributed by atoms with E-state index in [4.69, 9.17) is 14.2 Å². The minimum atomic E-state index is -1.63. The summed E-state index contributed by atoms with van der Waals surface area (Å²) in [5.74, 6) is -0.553. The zero-order chi connectivity index (χ0) is 19.3. The van der Waals surface area contributed by atoms with Crippen molar-refractivity contribution in [1.82, 2.24) is 0 Å². The molecule has 0 amide bonds. The summed E-state index contributed by atoms with van der Waals surface area (Å²) in [5, 5.41) is 0. The van der Waals surface area contributed by atoms with Crippen LogP contribution in [0, 0.1) is 0 Å². The zero-order valence-electron chi connectivity index (χ0n) is 15.2. The van der Waals surface area contributed by atoms with E-state index in [9.17, 15) is 9.59 Å². The molecular formula is C22H20O5. The van der Waals surface area contributed by atoms with E-state index in [1.54, 1.807) is 50.5 Å². The summed E-state index contributed by atoms with van der Waals surface area (Å²) in [5.41, 5.74) is 0.351. The van der Waals surface area contributed by atoms with Crippen LogP contribution < -0.4 is 4.74 Å². The molecule has 5 heteroatoms. The van der Waals surface area contributed by atoms with E-state index in [1.807, 2.05) is 30.3 Å². The minimum absolute atomic E-state index is 0.174. The van der Waals surface area contributed by atoms with E-state index < -0.39 is 17.5 Å². The quantitative estimate of drug-likeness (QED) is 0.732. The lowest BCUT2D eigenvalue weighted by molar-refractivity contribution is -0.165. The van der Waals surface area contributed by atoms with Gasteiger partial charge in [0.2, 0.25) is 0 Å². The van der Waals surface area contributed by atoms with Crippen molar-refractivity contribution in [3.63, 3.8) is 0 Å². The second kappa shape index (κ2) is 7.91. The Hall–Kier alpha value is -3.34. The van der Waals surface area contributed by atoms with E-state index in [1.165, 1.54) is 6.08 Å². The van der Waals surface area contributed by atoms with Gasteiger partial charge >= 0.3 is 11.9 Å². The second-order valence-electron chi connectivity index (χ2n) is 5.91. The molecule has 0 aliphatic carbocycles. The fourth-order valence-corrected chi connectivity index (χ4v) is 2.90. The van der Waals surface area contributed by atoms with E-state index in [2.05, 4.69) is 0 Å². The summed E-state index contributed by atoms with van der Waals surface area (Å²) < 4.78 is 15.9. The number of carbonyl (C=O) groups excluding carboxylic acids is 2. The highest BCUT2D eigenvalue weighted by molar-refractivity contribution is 6.11. The van der Waals surface area contributed by atoms with Crippen LogP contribution in [0.15, 0.2) is 66.7 Å². The summed E-state index contributed by atoms with van der Waals surface area (Å²) in [6.07, 6.45) is 4.64. The first-order chi connectivity index (χ1) is 13.1. The highest BCUT2D eigenvalue weighted by Crippen LogP contribution is 2.39. The van der Waals surface area contributed by atoms with E-state index in [0.29, 0.717) is 16.9 Å². The maximum atomic E-state index is 12.8. The lowest BCUT2D eigenvalue weighted by atomic mass is 9.88. The number of hydrogen-bond acceptors (Lipinski definition) is 5. The Bertz CT molecular complexity index is 881. The van der Waals surface area contributed by atoms with E-state index in [-0.39, 0.29) is 6.61 Å². The lowest BCUT2D eigenvalue weighted by Gasteiger charge is -2.26. The molecule has 1 aliphatic heterocycles. The van der Waals surface area contributed by atoms with E-state index >= 15 is 0 Å². The molecule has 5 nitrogen and oxygen atoms in total. The maximum absolute atomic E-state index is 12.8. The Morgan fingerprint density at radius 3 is 2.44 bits per heavy atom. The first-order valence-corrected chi connectivity index (χ1v) is 8.60. The smallest absolute Gasteiger partial charge is 0.359 e. The van der Waals surface area contributed by atoms with Crippen molar-refractivity contribution in [3.8, 4) is 5.75 Å². The standard InChI is InChI=1S/C22H20O5/c1-3-26-21(24)22(14-13-16-7-5-4-6-8-16)19(15-20(23)27-22)17-9-11-18(25-2)12-10-17/h4-15H,3H2,1-2H3/b14-13+/t22-/m1/s1. The van der Waals surface area contributed by atoms with Gasteiger partial charge in [0.1, 0.15) is 5.75 Å². The Labute approximate surface area is 157 Å². The van der Waals surface area contributed by atoms with Gasteiger partial charge in [-0.3, -0.25) is 0 Å². The van der Waals surface area contributed by atoms with Crippen molar-refractivity contribution in [2.75, 3.05) is 13.7 Å². The molecular weight excluding hydrogens is 344 g/mol. The molecule has 0 fully saturated rings. The van der Waals surface area contributed by atoms with Crippen molar-refractivity contribution in [1.29, 1.82) is 0 Å². The van der Waals surface area contributed by atoms with Gasteiger partial charge in [-0.25, -0.2) is 9.59 Å². The molecule has 0 bridgehead atoms. The molecule has 0 aromatic heterocycles. The number of rotatable bonds is 6. The third-order valence-electron chi connectivity index (χ3n) is 4.21. The molecule has 0 radical (unpaired) electrons. The molecule has 1 heterocycles. The van der Waals surface area contributed by atoms with Crippen molar-refractivity contribution >= 4 is 23.6 Å². The predicted octanol–water partition coefficient (Wildman–Crippen LogP) is 3.65. The average molecular weight is 364 g/mol. The monoisotopic (exact) mass is 364 g/mol. The minimum Gasteiger partial charge on any atom is -0.497 e. The lowest BCUT2D eigenvalue weighted by Crippen LogP contribution is -2.40. The van der Waals surface area contributed by atoms with Crippen LogP contribution in [0.4, 0.5) is 0 Å². The van der Waals surface area contributed by atoms with Crippen LogP contribution in [-0.2, 0) is 19.1 Å². The van der Waals surface area contributed by atoms with Crippen LogP contribution in [0.3, 0.4) is 0 Å². The number of carbonyl (C=O) groups is 2. The molecule has 3 rings (SSSR count). The zero-order valence-corrected chi connectivity index (χ0v) is 15.2. The van der Waals surface area contributed by atoms with Crippen LogP contribution in [-0.4, -0.2) is 31.3 Å². The molecule has 0 N–H and O–H groups in total. The molecule has 0 unspecified atom stereocenters. The Balaban J connectivity index is 2.06. The molecule has 27 heavy (non-hydrogen) atoms. The van der Waals surface area contributed by atoms with Gasteiger partial charge in [-0.15, -0.1) is 0 Å². The van der Waals surface area contributed by atoms with Gasteiger partial charge in [0.25, 0.3) is 5.60 Å². The molecule has 1 atom stereocenters. The number of esters is 2. The number of ether oxygens (including phenoxy) is 3. The van der Waals surface area contributed by atoms with Crippen LogP contribution in [0.1, 0.15) is 18.1 Å². The topological polar surface area (TPSA) is 61.8 Å². The first kappa shape index (κ1) is 18.5. The molecule has 138 valence electrons. The maximum Gasteiger partial charge on any atom is 0.359 e. The molecule has 0 spiro atoms. The van der Waals surface area contributed by atoms with Gasteiger partial charge < -0.3 is 14.2 Å². The second-order valence-corrected chi connectivity index (χ2v) is 5.91. The van der Waals surface area contributed by atoms with Gasteiger partial charge in [-0.2, -0.15) is 0 Å². The molecule has 0 saturated carbocycles. The number of benzene rings is 2. The van der Waals surface area contributed by atoms with Gasteiger partial charge in [-0.05, 0) is 36.3 Å². The fourth-order valence-electron chi connectivity index (χ4n) is 2.90. The number of hydrogen-bond donors (Lipinski definition) is 0. The van der Waals surface area contributed by atoms with Crippen molar-refractivity contribution in [2.45, 2.75) is 12.5 Å². The highest BCUT2D eigenvalue weighted by atomic mass is 16.6. The molecule has 2 aromatic carbocycles. The summed E-state index contributed by atoms with van der Waals surface area (Å²) in [4.78, 5) is 24.9. The van der Waals surface area contributed by atoms with Crippen molar-refractivity contribution < 1.29 is 23.8 Å². The Morgan fingerprint density at radius 1 is 1.11 bits per heavy atom. The van der Waals surface area contributed by atoms with Crippen molar-refractivity contribution in [2.24, 2.45) is 0 Å². The van der Waals surface area contributed by atoms with Crippen molar-refractivity contribution in [3.05, 3.63) is 77.9 Å². The highest BCUT2D eigenvalue weighted by Gasteiger charge is 2.50. The summed E-state index contributed by atoms with van der Waals surface area (Å²) >= 11 is 0. The first-order valence-electron chi connectivity index (χ1n) is 8.60. The SMILES string of the molecule is CCOC(=O)[C@]1(/C=C/c2ccccc2)OC(=O)C=C1c1ccc(OC)cc1. The van der Waals surface area contributed by atoms with Crippen LogP contribution in [0.5, 0.6) is 5.75 Å². The predicted molar refractivity (Wildman–Crippen MR) is 102 cm³/mol. The number of methoxy groups -OCH3 is 1. The van der Waals surface area contributed by atoms with Crippen LogP contribution in [0.25, 0.3) is 11.6 Å². The number of cyclic esters (lactones) is 1. The third kappa shape index (κ3) is 3.77. The van der Waals surface area contributed by atoms with Crippen LogP contribution >= 0.6 is 0 Å². The Morgan fingerprint density at radius 2 is 1.81 bits per heavy atom. The Kier molecular flexibility index (Phi) is 5.41. The van der Waals surface area contributed by atoms with Gasteiger partial charge in [-0.1, -0.05) is 48.5 Å². The summed E-state index contributed by atoms with van der Waals surface area (Å²) in [6.45, 7) is 1.88.